The number of thiazole rings is 1. The van der Waals surface area contributed by atoms with Crippen molar-refractivity contribution in [3.8, 4) is 10.4 Å². The maximum Gasteiger partial charge on any atom is 0.180 e. The highest BCUT2D eigenvalue weighted by atomic mass is 32.1. The highest BCUT2D eigenvalue weighted by Gasteiger charge is 2.10. The lowest BCUT2D eigenvalue weighted by atomic mass is 10.2. The van der Waals surface area contributed by atoms with Crippen LogP contribution in [0.1, 0.15) is 19.0 Å². The molecule has 0 saturated heterocycles. The Hall–Kier alpha value is -1.36. The van der Waals surface area contributed by atoms with Gasteiger partial charge in [-0.3, -0.25) is 4.68 Å². The Bertz CT molecular complexity index is 458. The molecule has 0 unspecified atom stereocenters. The molecule has 2 aromatic rings. The van der Waals surface area contributed by atoms with E-state index in [1.165, 1.54) is 17.0 Å². The summed E-state index contributed by atoms with van der Waals surface area (Å²) in [6, 6.07) is 0. The molecule has 0 amide bonds. The number of hydrogen-bond acceptors (Lipinski definition) is 4. The standard InChI is InChI=1S/C10H14N4S/c1-3-4-14-7(2)8(5-13-14)9-6-12-10(11)15-9/h5-6H,3-4H2,1-2H3,(H2,11,12). The summed E-state index contributed by atoms with van der Waals surface area (Å²) in [5.74, 6) is 0. The van der Waals surface area contributed by atoms with Crippen LogP contribution in [0.25, 0.3) is 10.4 Å². The molecule has 2 heterocycles. The van der Waals surface area contributed by atoms with E-state index < -0.39 is 0 Å². The van der Waals surface area contributed by atoms with E-state index in [4.69, 9.17) is 5.73 Å². The topological polar surface area (TPSA) is 56.7 Å². The maximum absolute atomic E-state index is 5.61. The first-order valence-corrected chi connectivity index (χ1v) is 5.78. The summed E-state index contributed by atoms with van der Waals surface area (Å²) in [5, 5.41) is 4.95. The van der Waals surface area contributed by atoms with Gasteiger partial charge in [-0.1, -0.05) is 18.3 Å². The van der Waals surface area contributed by atoms with Gasteiger partial charge in [0.2, 0.25) is 0 Å². The molecule has 0 atom stereocenters. The van der Waals surface area contributed by atoms with Crippen molar-refractivity contribution in [1.82, 2.24) is 14.8 Å². The summed E-state index contributed by atoms with van der Waals surface area (Å²) in [6.45, 7) is 5.18. The Kier molecular flexibility index (Phi) is 2.73. The Morgan fingerprint density at radius 2 is 2.27 bits per heavy atom. The molecule has 4 nitrogen and oxygen atoms in total. The molecule has 2 aromatic heterocycles. The van der Waals surface area contributed by atoms with Gasteiger partial charge in [-0.05, 0) is 13.3 Å². The first-order valence-electron chi connectivity index (χ1n) is 4.96. The van der Waals surface area contributed by atoms with Gasteiger partial charge in [-0.15, -0.1) is 0 Å². The molecule has 0 saturated carbocycles. The van der Waals surface area contributed by atoms with E-state index in [9.17, 15) is 0 Å². The Morgan fingerprint density at radius 1 is 1.47 bits per heavy atom. The lowest BCUT2D eigenvalue weighted by molar-refractivity contribution is 0.587. The van der Waals surface area contributed by atoms with Crippen molar-refractivity contribution < 1.29 is 0 Å². The van der Waals surface area contributed by atoms with Crippen LogP contribution in [0.4, 0.5) is 5.13 Å². The number of nitrogens with two attached hydrogens (primary N) is 1. The average molecular weight is 222 g/mol. The molecule has 0 aliphatic heterocycles. The monoisotopic (exact) mass is 222 g/mol. The fraction of sp³-hybridized carbons (Fsp3) is 0.400. The minimum Gasteiger partial charge on any atom is -0.375 e. The minimum atomic E-state index is 0.604. The third kappa shape index (κ3) is 1.87. The number of anilines is 1. The fourth-order valence-corrected chi connectivity index (χ4v) is 2.28. The van der Waals surface area contributed by atoms with Crippen molar-refractivity contribution in [2.75, 3.05) is 5.73 Å². The zero-order chi connectivity index (χ0) is 10.8. The van der Waals surface area contributed by atoms with Crippen molar-refractivity contribution in [1.29, 1.82) is 0 Å². The summed E-state index contributed by atoms with van der Waals surface area (Å²) in [4.78, 5) is 5.14. The van der Waals surface area contributed by atoms with Gasteiger partial charge in [0, 0.05) is 24.0 Å². The third-order valence-corrected chi connectivity index (χ3v) is 3.19. The molecule has 80 valence electrons. The number of nitrogen functional groups attached to an aromatic ring is 1. The third-order valence-electron chi connectivity index (χ3n) is 2.33. The number of rotatable bonds is 3. The molecule has 0 bridgehead atoms. The average Bonchev–Trinajstić information content (AvgIpc) is 2.76. The van der Waals surface area contributed by atoms with Crippen molar-refractivity contribution in [2.24, 2.45) is 0 Å². The van der Waals surface area contributed by atoms with Crippen molar-refractivity contribution in [2.45, 2.75) is 26.8 Å². The van der Waals surface area contributed by atoms with Gasteiger partial charge in [0.05, 0.1) is 11.1 Å². The number of hydrogen-bond donors (Lipinski definition) is 1. The van der Waals surface area contributed by atoms with E-state index >= 15 is 0 Å². The molecule has 0 aliphatic carbocycles. The van der Waals surface area contributed by atoms with Crippen LogP contribution in [0.5, 0.6) is 0 Å². The molecule has 2 rings (SSSR count). The van der Waals surface area contributed by atoms with Gasteiger partial charge in [0.25, 0.3) is 0 Å². The Balaban J connectivity index is 2.37. The second-order valence-corrected chi connectivity index (χ2v) is 4.49. The molecule has 0 radical (unpaired) electrons. The van der Waals surface area contributed by atoms with Crippen molar-refractivity contribution in [3.63, 3.8) is 0 Å². The summed E-state index contributed by atoms with van der Waals surface area (Å²) in [6.07, 6.45) is 4.78. The second kappa shape index (κ2) is 4.02. The van der Waals surface area contributed by atoms with E-state index in [-0.39, 0.29) is 0 Å². The van der Waals surface area contributed by atoms with Crippen molar-refractivity contribution >= 4 is 16.5 Å². The van der Waals surface area contributed by atoms with E-state index in [1.54, 1.807) is 6.20 Å². The molecule has 2 N–H and O–H groups in total. The van der Waals surface area contributed by atoms with E-state index in [1.807, 2.05) is 10.9 Å². The lowest BCUT2D eigenvalue weighted by Gasteiger charge is -2.01. The van der Waals surface area contributed by atoms with Crippen LogP contribution in [0, 0.1) is 6.92 Å². The van der Waals surface area contributed by atoms with Crippen LogP contribution in [0.3, 0.4) is 0 Å². The van der Waals surface area contributed by atoms with Gasteiger partial charge in [0.15, 0.2) is 5.13 Å². The number of nitrogens with zero attached hydrogens (tertiary/aromatic N) is 3. The quantitative estimate of drug-likeness (QED) is 0.867. The zero-order valence-corrected chi connectivity index (χ0v) is 9.71. The van der Waals surface area contributed by atoms with Crippen LogP contribution in [0.15, 0.2) is 12.4 Å². The van der Waals surface area contributed by atoms with E-state index in [0.717, 1.165) is 23.4 Å². The van der Waals surface area contributed by atoms with Gasteiger partial charge >= 0.3 is 0 Å². The highest BCUT2D eigenvalue weighted by molar-refractivity contribution is 7.18. The minimum absolute atomic E-state index is 0.604. The first-order chi connectivity index (χ1) is 7.22. The normalized spacial score (nSPS) is 10.8. The van der Waals surface area contributed by atoms with Crippen LogP contribution in [0.2, 0.25) is 0 Å². The summed E-state index contributed by atoms with van der Waals surface area (Å²) in [7, 11) is 0. The molecule has 0 spiro atoms. The number of aromatic nitrogens is 3. The summed E-state index contributed by atoms with van der Waals surface area (Å²) in [5.41, 5.74) is 7.93. The van der Waals surface area contributed by atoms with Crippen LogP contribution in [-0.4, -0.2) is 14.8 Å². The lowest BCUT2D eigenvalue weighted by Crippen LogP contribution is -2.00. The highest BCUT2D eigenvalue weighted by Crippen LogP contribution is 2.29. The molecule has 0 aliphatic rings. The smallest absolute Gasteiger partial charge is 0.180 e. The molecule has 15 heavy (non-hydrogen) atoms. The van der Waals surface area contributed by atoms with Crippen molar-refractivity contribution in [3.05, 3.63) is 18.1 Å². The second-order valence-electron chi connectivity index (χ2n) is 3.43. The zero-order valence-electron chi connectivity index (χ0n) is 8.90. The molecule has 0 fully saturated rings. The van der Waals surface area contributed by atoms with Gasteiger partial charge in [0.1, 0.15) is 0 Å². The predicted octanol–water partition coefficient (Wildman–Crippen LogP) is 2.31. The molecule has 0 aromatic carbocycles. The summed E-state index contributed by atoms with van der Waals surface area (Å²) >= 11 is 1.50. The fourth-order valence-electron chi connectivity index (χ4n) is 1.54. The van der Waals surface area contributed by atoms with E-state index in [0.29, 0.717) is 5.13 Å². The van der Waals surface area contributed by atoms with Crippen LogP contribution < -0.4 is 5.73 Å². The summed E-state index contributed by atoms with van der Waals surface area (Å²) < 4.78 is 2.02. The molecular weight excluding hydrogens is 208 g/mol. The maximum atomic E-state index is 5.61. The van der Waals surface area contributed by atoms with Gasteiger partial charge in [-0.2, -0.15) is 5.10 Å². The van der Waals surface area contributed by atoms with Gasteiger partial charge < -0.3 is 5.73 Å². The predicted molar refractivity (Wildman–Crippen MR) is 62.8 cm³/mol. The van der Waals surface area contributed by atoms with Gasteiger partial charge in [-0.25, -0.2) is 4.98 Å². The van der Waals surface area contributed by atoms with Crippen LogP contribution >= 0.6 is 11.3 Å². The molecule has 5 heteroatoms. The largest absolute Gasteiger partial charge is 0.375 e. The Labute approximate surface area is 92.8 Å². The Morgan fingerprint density at radius 3 is 2.87 bits per heavy atom. The SMILES string of the molecule is CCCn1ncc(-c2cnc(N)s2)c1C. The number of aryl methyl sites for hydroxylation is 1. The molecular formula is C10H14N4S. The van der Waals surface area contributed by atoms with E-state index in [2.05, 4.69) is 23.9 Å². The first kappa shape index (κ1) is 10.2. The van der Waals surface area contributed by atoms with Crippen LogP contribution in [-0.2, 0) is 6.54 Å².